The third kappa shape index (κ3) is 4.24. The van der Waals surface area contributed by atoms with Gasteiger partial charge < -0.3 is 9.88 Å². The second-order valence-corrected chi connectivity index (χ2v) is 7.12. The molecule has 148 valence electrons. The van der Waals surface area contributed by atoms with E-state index in [1.54, 1.807) is 18.5 Å². The lowest BCUT2D eigenvalue weighted by Gasteiger charge is -2.25. The summed E-state index contributed by atoms with van der Waals surface area (Å²) in [5.41, 5.74) is 3.08. The van der Waals surface area contributed by atoms with Crippen LogP contribution in [0.15, 0.2) is 36.3 Å². The normalized spacial score (nSPS) is 15.6. The maximum Gasteiger partial charge on any atom is 0.277 e. The zero-order valence-corrected chi connectivity index (χ0v) is 16.5. The maximum atomic E-state index is 12.5. The van der Waals surface area contributed by atoms with Crippen LogP contribution in [0, 0.1) is 11.3 Å². The Labute approximate surface area is 168 Å². The molecule has 8 heteroatoms. The molecule has 1 aromatic carbocycles. The first-order valence-corrected chi connectivity index (χ1v) is 9.18. The Morgan fingerprint density at radius 3 is 2.59 bits per heavy atom. The lowest BCUT2D eigenvalue weighted by atomic mass is 10.1. The van der Waals surface area contributed by atoms with E-state index in [0.717, 1.165) is 16.2 Å². The number of aromatic nitrogens is 2. The van der Waals surface area contributed by atoms with Gasteiger partial charge in [0, 0.05) is 19.2 Å². The number of hydrogen-bond donors (Lipinski definition) is 1. The second-order valence-electron chi connectivity index (χ2n) is 7.12. The number of benzene rings is 1. The number of amides is 3. The standard InChI is InChI=1S/C21H21N5O3/c1-13(2)20-17(8-18-21(29)26(14(3)27)11-19(28)24-18)23-12-25(20)10-16-6-4-15(9-22)5-7-16/h4-8,12-13H,10-11H2,1-3H3,(H,24,28)/b18-8-. The highest BCUT2D eigenvalue weighted by Crippen LogP contribution is 2.23. The van der Waals surface area contributed by atoms with Crippen molar-refractivity contribution in [3.05, 3.63) is 58.8 Å². The Balaban J connectivity index is 1.94. The summed E-state index contributed by atoms with van der Waals surface area (Å²) in [7, 11) is 0. The average molecular weight is 391 g/mol. The van der Waals surface area contributed by atoms with Gasteiger partial charge >= 0.3 is 0 Å². The number of nitriles is 1. The molecule has 0 spiro atoms. The lowest BCUT2D eigenvalue weighted by molar-refractivity contribution is -0.147. The summed E-state index contributed by atoms with van der Waals surface area (Å²) in [4.78, 5) is 41.4. The molecule has 3 rings (SSSR count). The molecule has 2 heterocycles. The smallest absolute Gasteiger partial charge is 0.277 e. The van der Waals surface area contributed by atoms with Crippen LogP contribution >= 0.6 is 0 Å². The van der Waals surface area contributed by atoms with Crippen LogP contribution in [0.5, 0.6) is 0 Å². The Hall–Kier alpha value is -3.73. The SMILES string of the molecule is CC(=O)N1CC(=O)N/C(=C\c2ncn(Cc3ccc(C#N)cc3)c2C(C)C)C1=O. The van der Waals surface area contributed by atoms with E-state index < -0.39 is 17.7 Å². The molecule has 1 fully saturated rings. The monoisotopic (exact) mass is 391 g/mol. The van der Waals surface area contributed by atoms with Gasteiger partial charge in [0.05, 0.1) is 23.7 Å². The number of carbonyl (C=O) groups excluding carboxylic acids is 3. The quantitative estimate of drug-likeness (QED) is 0.799. The van der Waals surface area contributed by atoms with Gasteiger partial charge in [0.2, 0.25) is 11.8 Å². The van der Waals surface area contributed by atoms with Crippen LogP contribution in [-0.4, -0.2) is 38.7 Å². The molecule has 0 unspecified atom stereocenters. The van der Waals surface area contributed by atoms with Gasteiger partial charge in [-0.2, -0.15) is 5.26 Å². The number of carbonyl (C=O) groups is 3. The zero-order chi connectivity index (χ0) is 21.1. The second kappa shape index (κ2) is 8.10. The molecule has 29 heavy (non-hydrogen) atoms. The van der Waals surface area contributed by atoms with Crippen molar-refractivity contribution in [2.75, 3.05) is 6.54 Å². The van der Waals surface area contributed by atoms with Crippen LogP contribution < -0.4 is 5.32 Å². The summed E-state index contributed by atoms with van der Waals surface area (Å²) in [6, 6.07) is 9.39. The van der Waals surface area contributed by atoms with Gasteiger partial charge in [0.1, 0.15) is 12.2 Å². The van der Waals surface area contributed by atoms with Gasteiger partial charge in [0.25, 0.3) is 5.91 Å². The summed E-state index contributed by atoms with van der Waals surface area (Å²) in [5, 5.41) is 11.5. The van der Waals surface area contributed by atoms with Crippen molar-refractivity contribution in [1.82, 2.24) is 19.8 Å². The fourth-order valence-electron chi connectivity index (χ4n) is 3.25. The molecule has 1 aliphatic heterocycles. The summed E-state index contributed by atoms with van der Waals surface area (Å²) >= 11 is 0. The molecule has 1 aromatic heterocycles. The van der Waals surface area contributed by atoms with E-state index in [4.69, 9.17) is 5.26 Å². The van der Waals surface area contributed by atoms with Crippen LogP contribution in [0.2, 0.25) is 0 Å². The van der Waals surface area contributed by atoms with Gasteiger partial charge in [-0.3, -0.25) is 19.3 Å². The highest BCUT2D eigenvalue weighted by atomic mass is 16.2. The number of imide groups is 1. The van der Waals surface area contributed by atoms with Crippen molar-refractivity contribution in [2.45, 2.75) is 33.2 Å². The van der Waals surface area contributed by atoms with Crippen LogP contribution in [0.1, 0.15) is 49.2 Å². The summed E-state index contributed by atoms with van der Waals surface area (Å²) in [5.74, 6) is -1.35. The van der Waals surface area contributed by atoms with E-state index in [0.29, 0.717) is 17.8 Å². The Morgan fingerprint density at radius 2 is 2.00 bits per heavy atom. The average Bonchev–Trinajstić information content (AvgIpc) is 3.07. The van der Waals surface area contributed by atoms with Gasteiger partial charge in [-0.15, -0.1) is 0 Å². The van der Waals surface area contributed by atoms with E-state index in [1.807, 2.05) is 30.5 Å². The number of nitrogens with zero attached hydrogens (tertiary/aromatic N) is 4. The minimum Gasteiger partial charge on any atom is -0.329 e. The molecule has 8 nitrogen and oxygen atoms in total. The molecule has 1 N–H and O–H groups in total. The van der Waals surface area contributed by atoms with Crippen molar-refractivity contribution in [3.63, 3.8) is 0 Å². The van der Waals surface area contributed by atoms with Gasteiger partial charge in [-0.05, 0) is 29.7 Å². The van der Waals surface area contributed by atoms with Crippen molar-refractivity contribution < 1.29 is 14.4 Å². The number of piperazine rings is 1. The predicted molar refractivity (Wildman–Crippen MR) is 105 cm³/mol. The van der Waals surface area contributed by atoms with Crippen LogP contribution in [0.25, 0.3) is 6.08 Å². The highest BCUT2D eigenvalue weighted by molar-refractivity contribution is 6.12. The molecule has 3 amide bonds. The molecule has 0 radical (unpaired) electrons. The molecule has 2 aromatic rings. The largest absolute Gasteiger partial charge is 0.329 e. The van der Waals surface area contributed by atoms with Crippen LogP contribution in [-0.2, 0) is 20.9 Å². The summed E-state index contributed by atoms with van der Waals surface area (Å²) in [6.07, 6.45) is 3.19. The van der Waals surface area contributed by atoms with Crippen molar-refractivity contribution in [1.29, 1.82) is 5.26 Å². The molecular weight excluding hydrogens is 370 g/mol. The Kier molecular flexibility index (Phi) is 5.59. The first kappa shape index (κ1) is 20.0. The molecule has 0 aliphatic carbocycles. The molecular formula is C21H21N5O3. The van der Waals surface area contributed by atoms with Crippen molar-refractivity contribution >= 4 is 23.8 Å². The van der Waals surface area contributed by atoms with Gasteiger partial charge in [-0.25, -0.2) is 4.98 Å². The zero-order valence-electron chi connectivity index (χ0n) is 16.5. The lowest BCUT2D eigenvalue weighted by Crippen LogP contribution is -2.51. The summed E-state index contributed by atoms with van der Waals surface area (Å²) in [6.45, 7) is 5.54. The molecule has 1 saturated heterocycles. The molecule has 0 bridgehead atoms. The predicted octanol–water partition coefficient (Wildman–Crippen LogP) is 1.77. The van der Waals surface area contributed by atoms with Gasteiger partial charge in [-0.1, -0.05) is 26.0 Å². The van der Waals surface area contributed by atoms with E-state index >= 15 is 0 Å². The highest BCUT2D eigenvalue weighted by Gasteiger charge is 2.31. The minimum absolute atomic E-state index is 0.0296. The van der Waals surface area contributed by atoms with E-state index in [-0.39, 0.29) is 18.2 Å². The summed E-state index contributed by atoms with van der Waals surface area (Å²) < 4.78 is 1.97. The first-order chi connectivity index (χ1) is 13.8. The maximum absolute atomic E-state index is 12.5. The fraction of sp³-hybridized carbons (Fsp3) is 0.286. The number of rotatable bonds is 4. The fourth-order valence-corrected chi connectivity index (χ4v) is 3.25. The van der Waals surface area contributed by atoms with E-state index in [1.165, 1.54) is 13.0 Å². The Morgan fingerprint density at radius 1 is 1.31 bits per heavy atom. The van der Waals surface area contributed by atoms with Crippen molar-refractivity contribution in [2.24, 2.45) is 0 Å². The minimum atomic E-state index is -0.548. The van der Waals surface area contributed by atoms with E-state index in [9.17, 15) is 14.4 Å². The first-order valence-electron chi connectivity index (χ1n) is 9.18. The number of imidazole rings is 1. The molecule has 0 saturated carbocycles. The van der Waals surface area contributed by atoms with Crippen LogP contribution in [0.3, 0.4) is 0 Å². The molecule has 0 atom stereocenters. The number of hydrogen-bond acceptors (Lipinski definition) is 5. The number of nitrogens with one attached hydrogen (secondary N) is 1. The topological polar surface area (TPSA) is 108 Å². The van der Waals surface area contributed by atoms with Crippen molar-refractivity contribution in [3.8, 4) is 6.07 Å². The van der Waals surface area contributed by atoms with Crippen LogP contribution in [0.4, 0.5) is 0 Å². The third-order valence-corrected chi connectivity index (χ3v) is 4.60. The molecule has 1 aliphatic rings. The van der Waals surface area contributed by atoms with Gasteiger partial charge in [0.15, 0.2) is 0 Å². The Bertz CT molecular complexity index is 1040. The van der Waals surface area contributed by atoms with E-state index in [2.05, 4.69) is 16.4 Å². The third-order valence-electron chi connectivity index (χ3n) is 4.60.